The summed E-state index contributed by atoms with van der Waals surface area (Å²) in [5.74, 6) is -6.03. The zero-order valence-corrected chi connectivity index (χ0v) is 17.3. The fourth-order valence-corrected chi connectivity index (χ4v) is 4.43. The molecule has 0 radical (unpaired) electrons. The molecule has 4 heterocycles. The van der Waals surface area contributed by atoms with Crippen LogP contribution in [0.15, 0.2) is 18.3 Å². The maximum atomic E-state index is 13.7. The second-order valence-electron chi connectivity index (χ2n) is 8.88. The number of benzene rings is 1. The maximum absolute atomic E-state index is 13.7. The highest BCUT2D eigenvalue weighted by atomic mass is 19.2. The van der Waals surface area contributed by atoms with Gasteiger partial charge in [-0.1, -0.05) is 12.1 Å². The van der Waals surface area contributed by atoms with Gasteiger partial charge in [0.05, 0.1) is 25.5 Å². The molecule has 0 bridgehead atoms. The van der Waals surface area contributed by atoms with Crippen molar-refractivity contribution < 1.29 is 33.5 Å². The Balaban J connectivity index is 1.54. The summed E-state index contributed by atoms with van der Waals surface area (Å²) in [6, 6.07) is 1.04. The largest absolute Gasteiger partial charge is 0.350 e. The third-order valence-electron chi connectivity index (χ3n) is 5.83. The molecule has 3 aliphatic heterocycles. The average molecular weight is 440 g/mol. The van der Waals surface area contributed by atoms with E-state index in [-0.39, 0.29) is 23.8 Å². The molecule has 0 saturated carbocycles. The lowest BCUT2D eigenvalue weighted by atomic mass is 9.89. The predicted octanol–water partition coefficient (Wildman–Crippen LogP) is 3.60. The quantitative estimate of drug-likeness (QED) is 0.665. The molecule has 0 aliphatic carbocycles. The van der Waals surface area contributed by atoms with E-state index in [4.69, 9.17) is 20.3 Å². The lowest BCUT2D eigenvalue weighted by Crippen LogP contribution is -2.60. The van der Waals surface area contributed by atoms with Crippen molar-refractivity contribution in [1.29, 1.82) is 0 Å². The van der Waals surface area contributed by atoms with Gasteiger partial charge in [0, 0.05) is 19.8 Å². The van der Waals surface area contributed by atoms with Crippen LogP contribution in [0, 0.1) is 23.4 Å². The molecule has 3 saturated heterocycles. The van der Waals surface area contributed by atoms with Crippen LogP contribution in [-0.2, 0) is 18.9 Å². The third-order valence-corrected chi connectivity index (χ3v) is 5.83. The van der Waals surface area contributed by atoms with Gasteiger partial charge in [0.25, 0.3) is 0 Å². The molecule has 1 aromatic heterocycles. The lowest BCUT2D eigenvalue weighted by Gasteiger charge is -2.51. The highest BCUT2D eigenvalue weighted by molar-refractivity contribution is 5.57. The highest BCUT2D eigenvalue weighted by Gasteiger charge is 2.55. The SMILES string of the molecule is [2H][C@@H]1[C@H](n2cc(-c3cc(F)c(F)c(F)c3)nn2)[C@H]2OC(C)(C)OC[C@H]2O[C@@]12CC(C)CO2. The van der Waals surface area contributed by atoms with E-state index in [0.717, 1.165) is 12.1 Å². The molecule has 3 fully saturated rings. The van der Waals surface area contributed by atoms with Crippen molar-refractivity contribution in [2.24, 2.45) is 5.92 Å². The van der Waals surface area contributed by atoms with Crippen molar-refractivity contribution >= 4 is 0 Å². The molecule has 3 aliphatic rings. The molecular formula is C21H24F3N3O4. The zero-order chi connectivity index (χ0) is 22.8. The van der Waals surface area contributed by atoms with E-state index in [9.17, 15) is 13.2 Å². The minimum absolute atomic E-state index is 0.0338. The van der Waals surface area contributed by atoms with Crippen molar-refractivity contribution in [3.05, 3.63) is 35.8 Å². The molecule has 1 spiro atoms. The van der Waals surface area contributed by atoms with Crippen molar-refractivity contribution in [3.8, 4) is 11.3 Å². The summed E-state index contributed by atoms with van der Waals surface area (Å²) in [6.07, 6.45) is -0.0199. The van der Waals surface area contributed by atoms with Crippen LogP contribution in [0.5, 0.6) is 0 Å². The van der Waals surface area contributed by atoms with Gasteiger partial charge in [-0.2, -0.15) is 0 Å². The summed E-state index contributed by atoms with van der Waals surface area (Å²) in [7, 11) is 0. The van der Waals surface area contributed by atoms with E-state index in [2.05, 4.69) is 10.3 Å². The molecule has 1 unspecified atom stereocenters. The van der Waals surface area contributed by atoms with E-state index < -0.39 is 53.7 Å². The van der Waals surface area contributed by atoms with E-state index in [1.807, 2.05) is 6.92 Å². The zero-order valence-electron chi connectivity index (χ0n) is 18.3. The fourth-order valence-electron chi connectivity index (χ4n) is 4.43. The Kier molecular flexibility index (Phi) is 4.60. The number of halogens is 3. The molecule has 1 aromatic carbocycles. The van der Waals surface area contributed by atoms with Crippen LogP contribution in [-0.4, -0.2) is 52.0 Å². The van der Waals surface area contributed by atoms with Gasteiger partial charge in [-0.3, -0.25) is 0 Å². The summed E-state index contributed by atoms with van der Waals surface area (Å²) >= 11 is 0. The lowest BCUT2D eigenvalue weighted by molar-refractivity contribution is -0.377. The number of aromatic nitrogens is 3. The van der Waals surface area contributed by atoms with Gasteiger partial charge in [-0.25, -0.2) is 17.9 Å². The first-order valence-corrected chi connectivity index (χ1v) is 10.2. The van der Waals surface area contributed by atoms with E-state index in [1.165, 1.54) is 10.9 Å². The smallest absolute Gasteiger partial charge is 0.194 e. The maximum Gasteiger partial charge on any atom is 0.194 e. The summed E-state index contributed by atoms with van der Waals surface area (Å²) in [4.78, 5) is 0. The topological polar surface area (TPSA) is 67.6 Å². The van der Waals surface area contributed by atoms with E-state index >= 15 is 0 Å². The second kappa shape index (κ2) is 7.26. The van der Waals surface area contributed by atoms with Gasteiger partial charge in [-0.15, -0.1) is 5.10 Å². The van der Waals surface area contributed by atoms with Crippen molar-refractivity contribution in [2.75, 3.05) is 13.2 Å². The second-order valence-corrected chi connectivity index (χ2v) is 8.88. The number of nitrogens with zero attached hydrogens (tertiary/aromatic N) is 3. The highest BCUT2D eigenvalue weighted by Crippen LogP contribution is 2.47. The molecular weight excluding hydrogens is 415 g/mol. The van der Waals surface area contributed by atoms with Gasteiger partial charge >= 0.3 is 0 Å². The number of rotatable bonds is 2. The molecule has 0 N–H and O–H groups in total. The fraction of sp³-hybridized carbons (Fsp3) is 0.619. The number of hydrogen-bond donors (Lipinski definition) is 0. The summed E-state index contributed by atoms with van der Waals surface area (Å²) < 4.78 is 75.4. The first-order chi connectivity index (χ1) is 15.1. The number of hydrogen-bond acceptors (Lipinski definition) is 6. The first kappa shape index (κ1) is 19.7. The molecule has 0 amide bonds. The number of ether oxygens (including phenoxy) is 4. The number of fused-ring (bicyclic) bond motifs is 1. The summed E-state index contributed by atoms with van der Waals surface area (Å²) in [6.45, 7) is 6.27. The van der Waals surface area contributed by atoms with Gasteiger partial charge in [0.2, 0.25) is 0 Å². The van der Waals surface area contributed by atoms with Crippen LogP contribution in [0.1, 0.15) is 41.0 Å². The molecule has 5 rings (SSSR count). The van der Waals surface area contributed by atoms with Crippen molar-refractivity contribution in [2.45, 2.75) is 63.4 Å². The molecule has 31 heavy (non-hydrogen) atoms. The molecule has 10 heteroatoms. The Morgan fingerprint density at radius 2 is 1.87 bits per heavy atom. The first-order valence-electron chi connectivity index (χ1n) is 10.8. The summed E-state index contributed by atoms with van der Waals surface area (Å²) in [5.41, 5.74) is 0.172. The average Bonchev–Trinajstić information content (AvgIpc) is 3.35. The van der Waals surface area contributed by atoms with Crippen molar-refractivity contribution in [1.82, 2.24) is 15.0 Å². The van der Waals surface area contributed by atoms with E-state index in [1.54, 1.807) is 13.8 Å². The Morgan fingerprint density at radius 3 is 2.55 bits per heavy atom. The van der Waals surface area contributed by atoms with Gasteiger partial charge in [0.1, 0.15) is 17.9 Å². The Morgan fingerprint density at radius 1 is 1.13 bits per heavy atom. The third kappa shape index (κ3) is 3.75. The molecule has 6 atom stereocenters. The molecule has 7 nitrogen and oxygen atoms in total. The summed E-state index contributed by atoms with van der Waals surface area (Å²) in [5, 5.41) is 8.15. The van der Waals surface area contributed by atoms with Crippen LogP contribution in [0.2, 0.25) is 0 Å². The monoisotopic (exact) mass is 440 g/mol. The van der Waals surface area contributed by atoms with Crippen molar-refractivity contribution in [3.63, 3.8) is 0 Å². The van der Waals surface area contributed by atoms with Gasteiger partial charge < -0.3 is 18.9 Å². The minimum Gasteiger partial charge on any atom is -0.350 e. The van der Waals surface area contributed by atoms with E-state index in [0.29, 0.717) is 13.0 Å². The van der Waals surface area contributed by atoms with Crippen LogP contribution in [0.25, 0.3) is 11.3 Å². The Hall–Kier alpha value is -2.01. The van der Waals surface area contributed by atoms with Crippen LogP contribution < -0.4 is 0 Å². The Bertz CT molecular complexity index is 1010. The van der Waals surface area contributed by atoms with Gasteiger partial charge in [0.15, 0.2) is 29.0 Å². The predicted molar refractivity (Wildman–Crippen MR) is 101 cm³/mol. The van der Waals surface area contributed by atoms with Gasteiger partial charge in [-0.05, 0) is 31.9 Å². The Labute approximate surface area is 178 Å². The van der Waals surface area contributed by atoms with Crippen LogP contribution in [0.3, 0.4) is 0 Å². The standard InChI is InChI=1S/C21H24F3N3O4/c1-11-6-21(29-9-11)7-16(19-17(30-21)10-28-20(2,3)31-19)27-8-15(25-26-27)12-4-13(22)18(24)14(23)5-12/h4-5,8,11,16-17,19H,6-7,9-10H2,1-3H3/t11?,16-,17+,19+,21-/m0/s1/i7D/t7-,11?,16+,17-,19-,21+/m1. The minimum atomic E-state index is -1.55. The normalized spacial score (nSPS) is 37.6. The molecule has 2 aromatic rings. The molecule has 168 valence electrons. The van der Waals surface area contributed by atoms with Crippen LogP contribution >= 0.6 is 0 Å². The van der Waals surface area contributed by atoms with Crippen LogP contribution in [0.4, 0.5) is 13.2 Å².